The van der Waals surface area contributed by atoms with Gasteiger partial charge in [-0.2, -0.15) is 0 Å². The molecule has 3 aromatic rings. The maximum absolute atomic E-state index is 12.9. The Kier molecular flexibility index (Phi) is 7.03. The molecule has 0 aliphatic rings. The van der Waals surface area contributed by atoms with Gasteiger partial charge in [-0.3, -0.25) is 10.2 Å². The van der Waals surface area contributed by atoms with Gasteiger partial charge in [-0.15, -0.1) is 0 Å². The summed E-state index contributed by atoms with van der Waals surface area (Å²) in [4.78, 5) is 24.0. The molecule has 0 saturated carbocycles. The second-order valence-electron chi connectivity index (χ2n) is 6.55. The number of nitrogens with one attached hydrogen (secondary N) is 3. The molecule has 10 heteroatoms. The summed E-state index contributed by atoms with van der Waals surface area (Å²) in [6.07, 6.45) is 0.485. The van der Waals surface area contributed by atoms with Crippen molar-refractivity contribution in [2.75, 3.05) is 6.54 Å². The number of carbonyl (C=O) groups is 2. The zero-order chi connectivity index (χ0) is 22.3. The summed E-state index contributed by atoms with van der Waals surface area (Å²) >= 11 is 0. The monoisotopic (exact) mass is 445 g/mol. The van der Waals surface area contributed by atoms with E-state index in [-0.39, 0.29) is 28.8 Å². The molecule has 0 radical (unpaired) electrons. The van der Waals surface area contributed by atoms with Gasteiger partial charge < -0.3 is 9.73 Å². The molecule has 1 aromatic heterocycles. The number of hydrogen-bond acceptors (Lipinski definition) is 5. The summed E-state index contributed by atoms with van der Waals surface area (Å²) in [5.74, 6) is -1.53. The van der Waals surface area contributed by atoms with Gasteiger partial charge in [0.15, 0.2) is 15.6 Å². The highest BCUT2D eigenvalue weighted by Gasteiger charge is 2.19. The molecule has 3 rings (SSSR count). The summed E-state index contributed by atoms with van der Waals surface area (Å²) in [6.45, 7) is 0.273. The van der Waals surface area contributed by atoms with E-state index >= 15 is 0 Å². The molecule has 1 heterocycles. The largest absolute Gasteiger partial charge is 0.455 e. The molecule has 0 fully saturated rings. The zero-order valence-electron chi connectivity index (χ0n) is 16.3. The lowest BCUT2D eigenvalue weighted by molar-refractivity contribution is 0.0907. The third-order valence-electron chi connectivity index (χ3n) is 4.22. The van der Waals surface area contributed by atoms with Crippen molar-refractivity contribution in [1.29, 1.82) is 0 Å². The smallest absolute Gasteiger partial charge is 0.333 e. The van der Waals surface area contributed by atoms with Crippen molar-refractivity contribution in [3.8, 4) is 0 Å². The standard InChI is InChI=1S/C21H20FN3O5S/c22-16-8-6-15(7-9-16)12-13-23-21(27)25-24-20(26)19-11-10-17(30-19)14-31(28,29)18-4-2-1-3-5-18/h1-11H,12-14H2,(H,24,26)(H2,23,25,27). The molecule has 8 nitrogen and oxygen atoms in total. The first kappa shape index (κ1) is 22.0. The average molecular weight is 445 g/mol. The molecule has 0 unspecified atom stereocenters. The average Bonchev–Trinajstić information content (AvgIpc) is 3.22. The molecular formula is C21H20FN3O5S. The van der Waals surface area contributed by atoms with Crippen LogP contribution in [0.25, 0.3) is 0 Å². The highest BCUT2D eigenvalue weighted by atomic mass is 32.2. The summed E-state index contributed by atoms with van der Waals surface area (Å²) in [5, 5.41) is 2.54. The van der Waals surface area contributed by atoms with Crippen molar-refractivity contribution >= 4 is 21.8 Å². The van der Waals surface area contributed by atoms with Gasteiger partial charge in [-0.1, -0.05) is 30.3 Å². The van der Waals surface area contributed by atoms with Crippen LogP contribution >= 0.6 is 0 Å². The van der Waals surface area contributed by atoms with Gasteiger partial charge in [0, 0.05) is 6.54 Å². The normalized spacial score (nSPS) is 11.0. The molecule has 0 bridgehead atoms. The van der Waals surface area contributed by atoms with Crippen molar-refractivity contribution < 1.29 is 26.8 Å². The van der Waals surface area contributed by atoms with Crippen molar-refractivity contribution in [1.82, 2.24) is 16.2 Å². The molecule has 2 aromatic carbocycles. The van der Waals surface area contributed by atoms with E-state index in [1.165, 1.54) is 36.4 Å². The van der Waals surface area contributed by atoms with Gasteiger partial charge in [0.25, 0.3) is 0 Å². The van der Waals surface area contributed by atoms with Gasteiger partial charge >= 0.3 is 11.9 Å². The van der Waals surface area contributed by atoms with Crippen molar-refractivity contribution in [3.05, 3.63) is 89.6 Å². The first-order valence-corrected chi connectivity index (χ1v) is 10.9. The molecule has 162 valence electrons. The molecular weight excluding hydrogens is 425 g/mol. The number of carbonyl (C=O) groups excluding carboxylic acids is 2. The number of hydrazine groups is 1. The summed E-state index contributed by atoms with van der Waals surface area (Å²) in [7, 11) is -3.61. The van der Waals surface area contributed by atoms with E-state index in [0.717, 1.165) is 5.56 Å². The fraction of sp³-hybridized carbons (Fsp3) is 0.143. The number of sulfone groups is 1. The molecule has 3 amide bonds. The minimum absolute atomic E-state index is 0.0951. The number of hydrogen-bond donors (Lipinski definition) is 3. The van der Waals surface area contributed by atoms with Gasteiger partial charge in [0.05, 0.1) is 4.90 Å². The molecule has 31 heavy (non-hydrogen) atoms. The van der Waals surface area contributed by atoms with E-state index in [1.807, 2.05) is 0 Å². The number of urea groups is 1. The van der Waals surface area contributed by atoms with E-state index < -0.39 is 27.5 Å². The van der Waals surface area contributed by atoms with Gasteiger partial charge in [-0.25, -0.2) is 23.0 Å². The van der Waals surface area contributed by atoms with Crippen LogP contribution in [0.2, 0.25) is 0 Å². The number of rotatable bonds is 7. The lowest BCUT2D eigenvalue weighted by atomic mass is 10.1. The molecule has 3 N–H and O–H groups in total. The van der Waals surface area contributed by atoms with Gasteiger partial charge in [0.1, 0.15) is 17.3 Å². The predicted octanol–water partition coefficient (Wildman–Crippen LogP) is 2.58. The van der Waals surface area contributed by atoms with Crippen LogP contribution in [0.15, 0.2) is 76.0 Å². The van der Waals surface area contributed by atoms with Crippen LogP contribution in [-0.4, -0.2) is 26.9 Å². The lowest BCUT2D eigenvalue weighted by Crippen LogP contribution is -2.47. The van der Waals surface area contributed by atoms with Crippen LogP contribution in [0.5, 0.6) is 0 Å². The molecule has 0 saturated heterocycles. The second kappa shape index (κ2) is 9.90. The second-order valence-corrected chi connectivity index (χ2v) is 8.54. The fourth-order valence-corrected chi connectivity index (χ4v) is 3.93. The van der Waals surface area contributed by atoms with E-state index in [4.69, 9.17) is 4.42 Å². The summed E-state index contributed by atoms with van der Waals surface area (Å²) in [6, 6.07) is 15.8. The fourth-order valence-electron chi connectivity index (χ4n) is 2.67. The maximum Gasteiger partial charge on any atom is 0.333 e. The summed E-state index contributed by atoms with van der Waals surface area (Å²) < 4.78 is 42.9. The Morgan fingerprint density at radius 2 is 1.61 bits per heavy atom. The van der Waals surface area contributed by atoms with E-state index in [1.54, 1.807) is 30.3 Å². The van der Waals surface area contributed by atoms with Crippen molar-refractivity contribution in [3.63, 3.8) is 0 Å². The Bertz CT molecular complexity index is 1150. The lowest BCUT2D eigenvalue weighted by Gasteiger charge is -2.08. The van der Waals surface area contributed by atoms with Crippen LogP contribution in [0, 0.1) is 5.82 Å². The SMILES string of the molecule is O=C(NCCc1ccc(F)cc1)NNC(=O)c1ccc(CS(=O)(=O)c2ccccc2)o1. The van der Waals surface area contributed by atoms with Gasteiger partial charge in [-0.05, 0) is 48.4 Å². The molecule has 0 atom stereocenters. The minimum Gasteiger partial charge on any atom is -0.455 e. The minimum atomic E-state index is -3.61. The first-order valence-electron chi connectivity index (χ1n) is 9.29. The molecule has 0 aliphatic carbocycles. The number of benzene rings is 2. The maximum atomic E-state index is 12.9. The van der Waals surface area contributed by atoms with Crippen molar-refractivity contribution in [2.24, 2.45) is 0 Å². The number of furan rings is 1. The third kappa shape index (κ3) is 6.41. The summed E-state index contributed by atoms with van der Waals surface area (Å²) in [5.41, 5.74) is 5.19. The molecule has 0 spiro atoms. The Hall–Kier alpha value is -3.66. The van der Waals surface area contributed by atoms with Crippen LogP contribution in [0.4, 0.5) is 9.18 Å². The van der Waals surface area contributed by atoms with Crippen LogP contribution < -0.4 is 16.2 Å². The Labute approximate surface area is 178 Å². The quantitative estimate of drug-likeness (QED) is 0.483. The van der Waals surface area contributed by atoms with Crippen LogP contribution in [-0.2, 0) is 22.0 Å². The number of amides is 3. The zero-order valence-corrected chi connectivity index (χ0v) is 17.1. The van der Waals surface area contributed by atoms with Crippen molar-refractivity contribution in [2.45, 2.75) is 17.1 Å². The number of halogens is 1. The molecule has 0 aliphatic heterocycles. The Morgan fingerprint density at radius 3 is 2.32 bits per heavy atom. The topological polar surface area (TPSA) is 118 Å². The highest BCUT2D eigenvalue weighted by molar-refractivity contribution is 7.90. The highest BCUT2D eigenvalue weighted by Crippen LogP contribution is 2.18. The van der Waals surface area contributed by atoms with Gasteiger partial charge in [0.2, 0.25) is 0 Å². The Morgan fingerprint density at radius 1 is 0.903 bits per heavy atom. The predicted molar refractivity (Wildman–Crippen MR) is 110 cm³/mol. The van der Waals surface area contributed by atoms with E-state index in [2.05, 4.69) is 16.2 Å². The first-order chi connectivity index (χ1) is 14.8. The van der Waals surface area contributed by atoms with Crippen LogP contribution in [0.1, 0.15) is 21.9 Å². The third-order valence-corrected chi connectivity index (χ3v) is 5.88. The van der Waals surface area contributed by atoms with Crippen LogP contribution in [0.3, 0.4) is 0 Å². The van der Waals surface area contributed by atoms with E-state index in [9.17, 15) is 22.4 Å². The Balaban J connectivity index is 1.45. The van der Waals surface area contributed by atoms with E-state index in [0.29, 0.717) is 6.42 Å².